The summed E-state index contributed by atoms with van der Waals surface area (Å²) in [6.45, 7) is 0.848. The van der Waals surface area contributed by atoms with Gasteiger partial charge in [0.05, 0.1) is 11.3 Å². The van der Waals surface area contributed by atoms with Crippen LogP contribution in [0.25, 0.3) is 21.0 Å². The summed E-state index contributed by atoms with van der Waals surface area (Å²) >= 11 is 1.20. The van der Waals surface area contributed by atoms with Gasteiger partial charge < -0.3 is 15.8 Å². The fraction of sp³-hybridized carbons (Fsp3) is 0.217. The number of nitrogens with one attached hydrogen (secondary N) is 1. The summed E-state index contributed by atoms with van der Waals surface area (Å²) in [6, 6.07) is 9.69. The third-order valence-corrected chi connectivity index (χ3v) is 6.21. The molecule has 0 bridgehead atoms. The molecule has 1 fully saturated rings. The summed E-state index contributed by atoms with van der Waals surface area (Å²) in [6.07, 6.45) is 3.47. The summed E-state index contributed by atoms with van der Waals surface area (Å²) in [5.74, 6) is -1.73. The number of nitrogens with zero attached hydrogens (tertiary/aromatic N) is 1. The molecular weight excluding hydrogens is 436 g/mol. The highest BCUT2D eigenvalue weighted by molar-refractivity contribution is 7.18. The minimum absolute atomic E-state index is 0.0369. The van der Waals surface area contributed by atoms with Crippen molar-refractivity contribution in [2.24, 2.45) is 5.73 Å². The van der Waals surface area contributed by atoms with Crippen LogP contribution in [0.3, 0.4) is 0 Å². The maximum atomic E-state index is 14.4. The van der Waals surface area contributed by atoms with Gasteiger partial charge in [-0.15, -0.1) is 11.3 Å². The molecule has 3 aromatic rings. The lowest BCUT2D eigenvalue weighted by Gasteiger charge is -2.22. The summed E-state index contributed by atoms with van der Waals surface area (Å²) in [4.78, 5) is 29.0. The van der Waals surface area contributed by atoms with Crippen molar-refractivity contribution < 1.29 is 23.1 Å². The molecule has 1 aliphatic heterocycles. The summed E-state index contributed by atoms with van der Waals surface area (Å²) in [7, 11) is 0. The molecule has 3 N–H and O–H groups in total. The topological polar surface area (TPSA) is 94.3 Å². The zero-order valence-corrected chi connectivity index (χ0v) is 17.8. The van der Waals surface area contributed by atoms with Gasteiger partial charge >= 0.3 is 6.09 Å². The lowest BCUT2D eigenvalue weighted by Crippen LogP contribution is -2.36. The maximum absolute atomic E-state index is 14.4. The van der Waals surface area contributed by atoms with Crippen LogP contribution in [0.15, 0.2) is 42.5 Å². The number of primary amides is 1. The van der Waals surface area contributed by atoms with Crippen LogP contribution < -0.4 is 15.8 Å². The molecule has 4 rings (SSSR count). The lowest BCUT2D eigenvalue weighted by atomic mass is 9.98. The average Bonchev–Trinajstić information content (AvgIpc) is 3.22. The van der Waals surface area contributed by atoms with Crippen LogP contribution in [0.4, 0.5) is 13.6 Å². The van der Waals surface area contributed by atoms with Gasteiger partial charge in [-0.3, -0.25) is 4.79 Å². The van der Waals surface area contributed by atoms with Crippen molar-refractivity contribution in [3.05, 3.63) is 66.2 Å². The van der Waals surface area contributed by atoms with E-state index in [-0.39, 0.29) is 23.3 Å². The molecule has 9 heteroatoms. The number of thiazole rings is 1. The number of carbonyl (C=O) groups is 2. The molecule has 1 unspecified atom stereocenters. The van der Waals surface area contributed by atoms with Gasteiger partial charge in [-0.2, -0.15) is 0 Å². The third-order valence-electron chi connectivity index (χ3n) is 5.06. The first-order chi connectivity index (χ1) is 15.4. The van der Waals surface area contributed by atoms with Crippen LogP contribution in [0, 0.1) is 18.1 Å². The van der Waals surface area contributed by atoms with Crippen LogP contribution in [-0.2, 0) is 0 Å². The van der Waals surface area contributed by atoms with Gasteiger partial charge in [-0.25, -0.2) is 18.6 Å². The lowest BCUT2D eigenvalue weighted by molar-refractivity contribution is 0.101. The minimum Gasteiger partial charge on any atom is -0.407 e. The SMILES string of the molecule is NC(=O)Oc1ccc(-c2nc(C(=O)[CH]C3CCCCN3)c(-c3ccc(F)cc3)s2)cc1F. The van der Waals surface area contributed by atoms with Crippen LogP contribution >= 0.6 is 11.3 Å². The molecule has 165 valence electrons. The van der Waals surface area contributed by atoms with E-state index in [1.54, 1.807) is 18.6 Å². The second kappa shape index (κ2) is 9.54. The summed E-state index contributed by atoms with van der Waals surface area (Å²) < 4.78 is 32.4. The van der Waals surface area contributed by atoms with Crippen molar-refractivity contribution in [2.45, 2.75) is 25.3 Å². The molecule has 2 aromatic carbocycles. The molecule has 2 heterocycles. The fourth-order valence-corrected chi connectivity index (χ4v) is 4.59. The van der Waals surface area contributed by atoms with Crippen molar-refractivity contribution in [2.75, 3.05) is 6.54 Å². The van der Waals surface area contributed by atoms with E-state index in [9.17, 15) is 18.4 Å². The van der Waals surface area contributed by atoms with Crippen LogP contribution in [0.2, 0.25) is 0 Å². The van der Waals surface area contributed by atoms with Gasteiger partial charge in [0.1, 0.15) is 16.5 Å². The smallest absolute Gasteiger partial charge is 0.407 e. The number of aromatic nitrogens is 1. The van der Waals surface area contributed by atoms with E-state index in [0.29, 0.717) is 21.0 Å². The van der Waals surface area contributed by atoms with Crippen LogP contribution in [0.1, 0.15) is 29.8 Å². The van der Waals surface area contributed by atoms with Gasteiger partial charge in [-0.05, 0) is 55.3 Å². The predicted octanol–water partition coefficient (Wildman–Crippen LogP) is 4.74. The van der Waals surface area contributed by atoms with Crippen molar-refractivity contribution in [3.63, 3.8) is 0 Å². The predicted molar refractivity (Wildman–Crippen MR) is 117 cm³/mol. The Balaban J connectivity index is 1.70. The monoisotopic (exact) mass is 456 g/mol. The van der Waals surface area contributed by atoms with Gasteiger partial charge in [0.2, 0.25) is 0 Å². The number of carbonyl (C=O) groups excluding carboxylic acids is 2. The van der Waals surface area contributed by atoms with Crippen molar-refractivity contribution in [1.82, 2.24) is 10.3 Å². The molecular formula is C23H20F2N3O3S. The van der Waals surface area contributed by atoms with Crippen LogP contribution in [0.5, 0.6) is 5.75 Å². The number of hydrogen-bond donors (Lipinski definition) is 2. The van der Waals surface area contributed by atoms with Crippen LogP contribution in [-0.4, -0.2) is 29.4 Å². The van der Waals surface area contributed by atoms with Gasteiger partial charge in [0.25, 0.3) is 0 Å². The number of ether oxygens (including phenoxy) is 1. The van der Waals surface area contributed by atoms with E-state index in [2.05, 4.69) is 15.0 Å². The Bertz CT molecular complexity index is 1140. The van der Waals surface area contributed by atoms with Crippen molar-refractivity contribution >= 4 is 23.2 Å². The number of nitrogens with two attached hydrogens (primary N) is 1. The molecule has 1 radical (unpaired) electrons. The summed E-state index contributed by atoms with van der Waals surface area (Å²) in [5, 5.41) is 3.71. The Morgan fingerprint density at radius 2 is 1.88 bits per heavy atom. The maximum Gasteiger partial charge on any atom is 0.410 e. The molecule has 0 spiro atoms. The standard InChI is InChI=1S/C23H20F2N3O3S/c24-15-7-4-13(5-8-15)21-20(18(29)12-16-3-1-2-10-27-16)28-22(32-21)14-6-9-19(17(25)11-14)31-23(26)30/h4-9,11-12,16,27H,1-3,10H2,(H2,26,30). The Morgan fingerprint density at radius 3 is 2.53 bits per heavy atom. The largest absolute Gasteiger partial charge is 0.410 e. The van der Waals surface area contributed by atoms with Gasteiger partial charge in [0.15, 0.2) is 17.3 Å². The van der Waals surface area contributed by atoms with Crippen molar-refractivity contribution in [3.8, 4) is 26.8 Å². The summed E-state index contributed by atoms with van der Waals surface area (Å²) in [5.41, 5.74) is 6.21. The Morgan fingerprint density at radius 1 is 1.12 bits per heavy atom. The zero-order chi connectivity index (χ0) is 22.7. The van der Waals surface area contributed by atoms with E-state index in [1.807, 2.05) is 0 Å². The number of rotatable bonds is 6. The second-order valence-corrected chi connectivity index (χ2v) is 8.36. The van der Waals surface area contributed by atoms with Gasteiger partial charge in [-0.1, -0.05) is 18.6 Å². The van der Waals surface area contributed by atoms with E-state index in [4.69, 9.17) is 5.73 Å². The quantitative estimate of drug-likeness (QED) is 0.523. The zero-order valence-electron chi connectivity index (χ0n) is 16.9. The highest BCUT2D eigenvalue weighted by Crippen LogP contribution is 2.37. The number of ketones is 1. The Labute approximate surface area is 187 Å². The molecule has 1 atom stereocenters. The fourth-order valence-electron chi connectivity index (χ4n) is 3.52. The number of piperidine rings is 1. The molecule has 1 saturated heterocycles. The second-order valence-electron chi connectivity index (χ2n) is 7.36. The molecule has 1 aromatic heterocycles. The van der Waals surface area contributed by atoms with E-state index in [0.717, 1.165) is 31.9 Å². The Kier molecular flexibility index (Phi) is 6.57. The molecule has 0 aliphatic carbocycles. The normalized spacial score (nSPS) is 16.0. The number of hydrogen-bond acceptors (Lipinski definition) is 6. The van der Waals surface area contributed by atoms with E-state index in [1.165, 1.54) is 35.6 Å². The molecule has 1 amide bonds. The number of amides is 1. The van der Waals surface area contributed by atoms with Gasteiger partial charge in [0, 0.05) is 11.6 Å². The molecule has 6 nitrogen and oxygen atoms in total. The number of Topliss-reactive ketones (excluding diaryl/α,β-unsaturated/α-hetero) is 1. The highest BCUT2D eigenvalue weighted by atomic mass is 32.1. The average molecular weight is 456 g/mol. The number of halogens is 2. The Hall–Kier alpha value is -3.17. The van der Waals surface area contributed by atoms with E-state index >= 15 is 0 Å². The molecule has 1 aliphatic rings. The minimum atomic E-state index is -1.12. The molecule has 0 saturated carbocycles. The van der Waals surface area contributed by atoms with Crippen molar-refractivity contribution in [1.29, 1.82) is 0 Å². The third kappa shape index (κ3) is 5.00. The first kappa shape index (κ1) is 22.0. The number of benzene rings is 2. The first-order valence-corrected chi connectivity index (χ1v) is 10.9. The van der Waals surface area contributed by atoms with E-state index < -0.39 is 17.7 Å². The first-order valence-electron chi connectivity index (χ1n) is 10.1. The molecule has 32 heavy (non-hydrogen) atoms. The highest BCUT2D eigenvalue weighted by Gasteiger charge is 2.25.